The average molecular weight is 415 g/mol. The van der Waals surface area contributed by atoms with Crippen LogP contribution < -0.4 is 5.56 Å². The first kappa shape index (κ1) is 21.2. The van der Waals surface area contributed by atoms with Crippen molar-refractivity contribution < 1.29 is 13.9 Å². The van der Waals surface area contributed by atoms with Crippen molar-refractivity contribution in [3.05, 3.63) is 70.3 Å². The summed E-state index contributed by atoms with van der Waals surface area (Å²) in [6.45, 7) is 5.31. The smallest absolute Gasteiger partial charge is 0.262 e. The number of carbonyl (C=O) groups is 1. The summed E-state index contributed by atoms with van der Waals surface area (Å²) < 4.78 is 20.1. The molecule has 0 N–H and O–H groups in total. The van der Waals surface area contributed by atoms with Gasteiger partial charge in [-0.2, -0.15) is 0 Å². The van der Waals surface area contributed by atoms with Crippen LogP contribution in [0.1, 0.15) is 30.6 Å². The molecule has 29 heavy (non-hydrogen) atoms. The molecule has 0 saturated carbocycles. The van der Waals surface area contributed by atoms with Crippen molar-refractivity contribution in [2.75, 3.05) is 13.2 Å². The first-order chi connectivity index (χ1) is 14.0. The molecule has 0 spiro atoms. The van der Waals surface area contributed by atoms with Gasteiger partial charge in [0.25, 0.3) is 5.56 Å². The maximum atomic E-state index is 13.1. The Morgan fingerprint density at radius 2 is 1.93 bits per heavy atom. The summed E-state index contributed by atoms with van der Waals surface area (Å²) in [5.41, 5.74) is 0.899. The largest absolute Gasteiger partial charge is 0.382 e. The Bertz CT molecular complexity index is 1050. The number of benzene rings is 2. The standard InChI is InChI=1S/C22H23FN2O3S/c1-3-28-14-6-13-25-21(27)18-7-4-5-8-19(18)24-22(25)29-15(2)20(26)16-9-11-17(23)12-10-16/h4-5,7-12,15H,3,6,13-14H2,1-2H3/t15-/m1/s1. The predicted octanol–water partition coefficient (Wildman–Crippen LogP) is 4.33. The van der Waals surface area contributed by atoms with Gasteiger partial charge in [0, 0.05) is 25.3 Å². The molecule has 0 unspecified atom stereocenters. The van der Waals surface area contributed by atoms with E-state index in [0.29, 0.717) is 47.8 Å². The molecule has 0 radical (unpaired) electrons. The van der Waals surface area contributed by atoms with Crippen LogP contribution in [0.3, 0.4) is 0 Å². The molecule has 0 fully saturated rings. The average Bonchev–Trinajstić information content (AvgIpc) is 2.73. The Balaban J connectivity index is 1.90. The Morgan fingerprint density at radius 1 is 1.21 bits per heavy atom. The van der Waals surface area contributed by atoms with E-state index in [0.717, 1.165) is 0 Å². The molecule has 0 aliphatic heterocycles. The summed E-state index contributed by atoms with van der Waals surface area (Å²) >= 11 is 1.24. The molecule has 0 aliphatic rings. The lowest BCUT2D eigenvalue weighted by atomic mass is 10.1. The van der Waals surface area contributed by atoms with Crippen molar-refractivity contribution >= 4 is 28.4 Å². The van der Waals surface area contributed by atoms with Crippen molar-refractivity contribution in [2.45, 2.75) is 37.2 Å². The summed E-state index contributed by atoms with van der Waals surface area (Å²) in [6, 6.07) is 12.7. The van der Waals surface area contributed by atoms with Crippen LogP contribution in [-0.2, 0) is 11.3 Å². The fourth-order valence-corrected chi connectivity index (χ4v) is 3.98. The molecule has 7 heteroatoms. The molecule has 1 heterocycles. The molecule has 1 aromatic heterocycles. The molecule has 0 saturated heterocycles. The van der Waals surface area contributed by atoms with E-state index in [4.69, 9.17) is 4.74 Å². The number of halogens is 1. The van der Waals surface area contributed by atoms with E-state index in [2.05, 4.69) is 4.98 Å². The van der Waals surface area contributed by atoms with Gasteiger partial charge >= 0.3 is 0 Å². The molecule has 5 nitrogen and oxygen atoms in total. The number of carbonyl (C=O) groups excluding carboxylic acids is 1. The zero-order chi connectivity index (χ0) is 20.8. The Morgan fingerprint density at radius 3 is 2.66 bits per heavy atom. The number of ether oxygens (including phenoxy) is 1. The van der Waals surface area contributed by atoms with Gasteiger partial charge in [-0.15, -0.1) is 0 Å². The second-order valence-electron chi connectivity index (χ2n) is 6.55. The number of rotatable bonds is 9. The highest BCUT2D eigenvalue weighted by Gasteiger charge is 2.20. The minimum Gasteiger partial charge on any atom is -0.382 e. The van der Waals surface area contributed by atoms with Gasteiger partial charge in [0.2, 0.25) is 0 Å². The van der Waals surface area contributed by atoms with Crippen LogP contribution in [0.4, 0.5) is 4.39 Å². The third-order valence-electron chi connectivity index (χ3n) is 4.48. The number of ketones is 1. The summed E-state index contributed by atoms with van der Waals surface area (Å²) in [7, 11) is 0. The van der Waals surface area contributed by atoms with Crippen LogP contribution in [0, 0.1) is 5.82 Å². The Kier molecular flexibility index (Phi) is 7.17. The van der Waals surface area contributed by atoms with Crippen molar-refractivity contribution in [2.24, 2.45) is 0 Å². The van der Waals surface area contributed by atoms with Crippen LogP contribution in [0.15, 0.2) is 58.5 Å². The first-order valence-corrected chi connectivity index (χ1v) is 10.4. The third-order valence-corrected chi connectivity index (χ3v) is 5.57. The molecule has 2 aromatic carbocycles. The molecular formula is C22H23FN2O3S. The van der Waals surface area contributed by atoms with Crippen LogP contribution in [-0.4, -0.2) is 33.8 Å². The van der Waals surface area contributed by atoms with Gasteiger partial charge in [-0.1, -0.05) is 23.9 Å². The quantitative estimate of drug-likeness (QED) is 0.226. The number of para-hydroxylation sites is 1. The highest BCUT2D eigenvalue weighted by atomic mass is 32.2. The molecule has 3 aromatic rings. The number of thioether (sulfide) groups is 1. The van der Waals surface area contributed by atoms with Crippen LogP contribution in [0.25, 0.3) is 10.9 Å². The summed E-state index contributed by atoms with van der Waals surface area (Å²) in [5, 5.41) is 0.561. The Labute approximate surface area is 172 Å². The van der Waals surface area contributed by atoms with Crippen molar-refractivity contribution in [3.63, 3.8) is 0 Å². The van der Waals surface area contributed by atoms with E-state index in [-0.39, 0.29) is 17.2 Å². The molecular weight excluding hydrogens is 391 g/mol. The molecule has 3 rings (SSSR count). The minimum atomic E-state index is -0.480. The van der Waals surface area contributed by atoms with Gasteiger partial charge in [-0.25, -0.2) is 9.37 Å². The number of hydrogen-bond acceptors (Lipinski definition) is 5. The number of Topliss-reactive ketones (excluding diaryl/α,β-unsaturated/α-hetero) is 1. The van der Waals surface area contributed by atoms with E-state index in [1.807, 2.05) is 19.1 Å². The van der Waals surface area contributed by atoms with E-state index >= 15 is 0 Å². The van der Waals surface area contributed by atoms with Crippen LogP contribution in [0.2, 0.25) is 0 Å². The van der Waals surface area contributed by atoms with Gasteiger partial charge in [0.05, 0.1) is 16.2 Å². The normalized spacial score (nSPS) is 12.2. The third kappa shape index (κ3) is 5.10. The summed E-state index contributed by atoms with van der Waals surface area (Å²) in [6.07, 6.45) is 0.668. The lowest BCUT2D eigenvalue weighted by molar-refractivity contribution is 0.0993. The van der Waals surface area contributed by atoms with Crippen molar-refractivity contribution in [3.8, 4) is 0 Å². The zero-order valence-corrected chi connectivity index (χ0v) is 17.2. The topological polar surface area (TPSA) is 61.2 Å². The molecule has 0 aliphatic carbocycles. The molecule has 0 amide bonds. The summed E-state index contributed by atoms with van der Waals surface area (Å²) in [4.78, 5) is 30.4. The van der Waals surface area contributed by atoms with Crippen molar-refractivity contribution in [1.82, 2.24) is 9.55 Å². The second-order valence-corrected chi connectivity index (χ2v) is 7.86. The lowest BCUT2D eigenvalue weighted by Gasteiger charge is -2.16. The maximum absolute atomic E-state index is 13.1. The maximum Gasteiger partial charge on any atom is 0.262 e. The lowest BCUT2D eigenvalue weighted by Crippen LogP contribution is -2.25. The van der Waals surface area contributed by atoms with E-state index in [1.54, 1.807) is 23.6 Å². The van der Waals surface area contributed by atoms with E-state index < -0.39 is 5.25 Å². The molecule has 0 bridgehead atoms. The van der Waals surface area contributed by atoms with Gasteiger partial charge < -0.3 is 4.74 Å². The van der Waals surface area contributed by atoms with Crippen molar-refractivity contribution in [1.29, 1.82) is 0 Å². The monoisotopic (exact) mass is 414 g/mol. The molecule has 1 atom stereocenters. The van der Waals surface area contributed by atoms with Gasteiger partial charge in [-0.05, 0) is 56.7 Å². The fraction of sp³-hybridized carbons (Fsp3) is 0.318. The highest BCUT2D eigenvalue weighted by molar-refractivity contribution is 8.00. The van der Waals surface area contributed by atoms with E-state index in [9.17, 15) is 14.0 Å². The number of nitrogens with zero attached hydrogens (tertiary/aromatic N) is 2. The van der Waals surface area contributed by atoms with Crippen LogP contribution in [0.5, 0.6) is 0 Å². The summed E-state index contributed by atoms with van der Waals surface area (Å²) in [5.74, 6) is -0.528. The highest BCUT2D eigenvalue weighted by Crippen LogP contribution is 2.25. The predicted molar refractivity (Wildman–Crippen MR) is 113 cm³/mol. The Hall–Kier alpha value is -2.51. The minimum absolute atomic E-state index is 0.129. The van der Waals surface area contributed by atoms with Crippen LogP contribution >= 0.6 is 11.8 Å². The van der Waals surface area contributed by atoms with Gasteiger partial charge in [0.1, 0.15) is 5.82 Å². The van der Waals surface area contributed by atoms with E-state index in [1.165, 1.54) is 36.0 Å². The number of hydrogen-bond donors (Lipinski definition) is 0. The van der Waals surface area contributed by atoms with Gasteiger partial charge in [-0.3, -0.25) is 14.2 Å². The first-order valence-electron chi connectivity index (χ1n) is 9.55. The fourth-order valence-electron chi connectivity index (χ4n) is 2.96. The number of aromatic nitrogens is 2. The second kappa shape index (κ2) is 9.80. The zero-order valence-electron chi connectivity index (χ0n) is 16.4. The molecule has 152 valence electrons. The number of fused-ring (bicyclic) bond motifs is 1. The SMILES string of the molecule is CCOCCCn1c(S[C@H](C)C(=O)c2ccc(F)cc2)nc2ccccc2c1=O. The van der Waals surface area contributed by atoms with Gasteiger partial charge in [0.15, 0.2) is 10.9 Å².